The van der Waals surface area contributed by atoms with Crippen LogP contribution in [0, 0.1) is 0 Å². The summed E-state index contributed by atoms with van der Waals surface area (Å²) in [6.45, 7) is 0. The van der Waals surface area contributed by atoms with Crippen LogP contribution < -0.4 is 5.32 Å². The molecular weight excluding hydrogens is 408 g/mol. The number of hydrogen-bond donors (Lipinski definition) is 1. The summed E-state index contributed by atoms with van der Waals surface area (Å²) in [5, 5.41) is 10.1. The van der Waals surface area contributed by atoms with Crippen LogP contribution in [0.2, 0.25) is 0 Å². The molecule has 3 aromatic rings. The van der Waals surface area contributed by atoms with Crippen molar-refractivity contribution in [1.82, 2.24) is 14.5 Å². The van der Waals surface area contributed by atoms with E-state index in [1.54, 1.807) is 19.2 Å². The van der Waals surface area contributed by atoms with Gasteiger partial charge in [0.15, 0.2) is 5.76 Å². The molecule has 0 spiro atoms. The molecule has 1 aromatic carbocycles. The highest BCUT2D eigenvalue weighted by molar-refractivity contribution is 7.89. The van der Waals surface area contributed by atoms with Crippen LogP contribution in [0.25, 0.3) is 11.7 Å². The van der Waals surface area contributed by atoms with Crippen LogP contribution in [0.3, 0.4) is 0 Å². The molecule has 0 radical (unpaired) electrons. The number of furan rings is 1. The number of aromatic nitrogens is 2. The molecule has 1 amide bonds. The Morgan fingerprint density at radius 2 is 1.83 bits per heavy atom. The number of amides is 1. The lowest BCUT2D eigenvalue weighted by molar-refractivity contribution is 0.102. The van der Waals surface area contributed by atoms with E-state index >= 15 is 0 Å². The topological polar surface area (TPSA) is 119 Å². The molecule has 1 aliphatic carbocycles. The Bertz CT molecular complexity index is 1100. The van der Waals surface area contributed by atoms with Gasteiger partial charge in [-0.15, -0.1) is 5.10 Å². The fourth-order valence-corrected chi connectivity index (χ4v) is 4.94. The molecule has 9 nitrogen and oxygen atoms in total. The van der Waals surface area contributed by atoms with Gasteiger partial charge in [-0.3, -0.25) is 10.1 Å². The molecule has 0 bridgehead atoms. The SMILES string of the molecule is CN(C1CCCCC1)S(=O)(=O)c1ccc(C(=O)Nc2nnc(-c3ccco3)o2)cc1. The molecule has 0 unspecified atom stereocenters. The first kappa shape index (κ1) is 20.3. The van der Waals surface area contributed by atoms with Crippen LogP contribution in [-0.2, 0) is 10.0 Å². The standard InChI is InChI=1S/C20H22N4O5S/c1-24(15-6-3-2-4-7-15)30(26,27)16-11-9-14(10-12-16)18(25)21-20-23-22-19(29-20)17-8-5-13-28-17/h5,8-13,15H,2-4,6-7H2,1H3,(H,21,23,25). The number of carbonyl (C=O) groups is 1. The minimum atomic E-state index is -3.61. The summed E-state index contributed by atoms with van der Waals surface area (Å²) in [5.41, 5.74) is 0.270. The molecule has 1 fully saturated rings. The fourth-order valence-electron chi connectivity index (χ4n) is 3.53. The zero-order valence-electron chi connectivity index (χ0n) is 16.4. The maximum atomic E-state index is 12.9. The highest BCUT2D eigenvalue weighted by atomic mass is 32.2. The minimum Gasteiger partial charge on any atom is -0.459 e. The molecule has 1 aliphatic rings. The fraction of sp³-hybridized carbons (Fsp3) is 0.350. The number of sulfonamides is 1. The summed E-state index contributed by atoms with van der Waals surface area (Å²) >= 11 is 0. The van der Waals surface area contributed by atoms with Gasteiger partial charge in [-0.05, 0) is 49.2 Å². The number of nitrogens with zero attached hydrogens (tertiary/aromatic N) is 3. The van der Waals surface area contributed by atoms with E-state index in [0.717, 1.165) is 32.1 Å². The number of hydrogen-bond acceptors (Lipinski definition) is 7. The second-order valence-electron chi connectivity index (χ2n) is 7.18. The molecule has 158 valence electrons. The smallest absolute Gasteiger partial charge is 0.322 e. The van der Waals surface area contributed by atoms with Gasteiger partial charge in [-0.25, -0.2) is 8.42 Å². The summed E-state index contributed by atoms with van der Waals surface area (Å²) in [7, 11) is -1.99. The monoisotopic (exact) mass is 430 g/mol. The maximum absolute atomic E-state index is 12.9. The van der Waals surface area contributed by atoms with Gasteiger partial charge in [-0.1, -0.05) is 24.4 Å². The summed E-state index contributed by atoms with van der Waals surface area (Å²) < 4.78 is 37.8. The Balaban J connectivity index is 1.44. The van der Waals surface area contributed by atoms with Gasteiger partial charge < -0.3 is 8.83 Å². The summed E-state index contributed by atoms with van der Waals surface area (Å²) in [4.78, 5) is 12.6. The van der Waals surface area contributed by atoms with Crippen LogP contribution in [0.15, 0.2) is 56.4 Å². The molecule has 10 heteroatoms. The predicted octanol–water partition coefficient (Wildman–Crippen LogP) is 3.54. The third-order valence-corrected chi connectivity index (χ3v) is 7.18. The van der Waals surface area contributed by atoms with E-state index in [9.17, 15) is 13.2 Å². The third kappa shape index (κ3) is 4.14. The molecular formula is C20H22N4O5S. The van der Waals surface area contributed by atoms with Gasteiger partial charge >= 0.3 is 6.01 Å². The van der Waals surface area contributed by atoms with E-state index in [0.29, 0.717) is 5.76 Å². The average Bonchev–Trinajstić information content (AvgIpc) is 3.46. The van der Waals surface area contributed by atoms with Crippen molar-refractivity contribution in [3.05, 3.63) is 48.2 Å². The largest absolute Gasteiger partial charge is 0.459 e. The molecule has 0 saturated heterocycles. The Labute approximate surface area is 174 Å². The zero-order chi connectivity index (χ0) is 21.1. The highest BCUT2D eigenvalue weighted by Crippen LogP contribution is 2.27. The van der Waals surface area contributed by atoms with E-state index in [1.165, 1.54) is 34.8 Å². The lowest BCUT2D eigenvalue weighted by atomic mass is 9.96. The first-order chi connectivity index (χ1) is 14.4. The highest BCUT2D eigenvalue weighted by Gasteiger charge is 2.29. The van der Waals surface area contributed by atoms with Crippen molar-refractivity contribution in [1.29, 1.82) is 0 Å². The van der Waals surface area contributed by atoms with Gasteiger partial charge in [0.1, 0.15) is 0 Å². The number of benzene rings is 1. The van der Waals surface area contributed by atoms with Gasteiger partial charge in [-0.2, -0.15) is 4.31 Å². The van der Waals surface area contributed by atoms with Crippen molar-refractivity contribution in [3.63, 3.8) is 0 Å². The first-order valence-electron chi connectivity index (χ1n) is 9.72. The summed E-state index contributed by atoms with van der Waals surface area (Å²) in [6, 6.07) is 9.06. The van der Waals surface area contributed by atoms with E-state index in [4.69, 9.17) is 8.83 Å². The van der Waals surface area contributed by atoms with Gasteiger partial charge in [0, 0.05) is 18.7 Å². The number of anilines is 1. The van der Waals surface area contributed by atoms with E-state index in [2.05, 4.69) is 15.5 Å². The number of nitrogens with one attached hydrogen (secondary N) is 1. The van der Waals surface area contributed by atoms with Gasteiger partial charge in [0.2, 0.25) is 10.0 Å². The molecule has 2 aromatic heterocycles. The number of rotatable bonds is 6. The molecule has 4 rings (SSSR count). The second-order valence-corrected chi connectivity index (χ2v) is 9.18. The van der Waals surface area contributed by atoms with E-state index in [1.807, 2.05) is 0 Å². The van der Waals surface area contributed by atoms with Crippen molar-refractivity contribution < 1.29 is 22.0 Å². The maximum Gasteiger partial charge on any atom is 0.322 e. The molecule has 30 heavy (non-hydrogen) atoms. The molecule has 1 N–H and O–H groups in total. The third-order valence-electron chi connectivity index (χ3n) is 5.26. The average molecular weight is 430 g/mol. The van der Waals surface area contributed by atoms with Crippen molar-refractivity contribution in [3.8, 4) is 11.7 Å². The Morgan fingerprint density at radius 3 is 2.50 bits per heavy atom. The normalized spacial score (nSPS) is 15.4. The predicted molar refractivity (Wildman–Crippen MR) is 108 cm³/mol. The van der Waals surface area contributed by atoms with Crippen LogP contribution in [0.1, 0.15) is 42.5 Å². The molecule has 2 heterocycles. The van der Waals surface area contributed by atoms with E-state index in [-0.39, 0.29) is 28.4 Å². The minimum absolute atomic E-state index is 0.0209. The first-order valence-corrected chi connectivity index (χ1v) is 11.2. The van der Waals surface area contributed by atoms with Crippen molar-refractivity contribution >= 4 is 21.9 Å². The quantitative estimate of drug-likeness (QED) is 0.635. The molecule has 0 atom stereocenters. The van der Waals surface area contributed by atoms with Crippen LogP contribution in [0.4, 0.5) is 6.01 Å². The second kappa shape index (κ2) is 8.41. The molecule has 0 aliphatic heterocycles. The van der Waals surface area contributed by atoms with Crippen LogP contribution in [-0.4, -0.2) is 41.9 Å². The molecule has 1 saturated carbocycles. The Morgan fingerprint density at radius 1 is 1.10 bits per heavy atom. The van der Waals surface area contributed by atoms with Gasteiger partial charge in [0.25, 0.3) is 11.8 Å². The van der Waals surface area contributed by atoms with Crippen molar-refractivity contribution in [2.24, 2.45) is 0 Å². The van der Waals surface area contributed by atoms with E-state index < -0.39 is 15.9 Å². The van der Waals surface area contributed by atoms with Crippen LogP contribution >= 0.6 is 0 Å². The van der Waals surface area contributed by atoms with Crippen molar-refractivity contribution in [2.75, 3.05) is 12.4 Å². The van der Waals surface area contributed by atoms with Gasteiger partial charge in [0.05, 0.1) is 11.2 Å². The lowest BCUT2D eigenvalue weighted by Gasteiger charge is -2.30. The Kier molecular flexibility index (Phi) is 5.69. The Hall–Kier alpha value is -2.98. The zero-order valence-corrected chi connectivity index (χ0v) is 17.3. The van der Waals surface area contributed by atoms with Crippen LogP contribution in [0.5, 0.6) is 0 Å². The summed E-state index contributed by atoms with van der Waals surface area (Å²) in [6.07, 6.45) is 6.46. The lowest BCUT2D eigenvalue weighted by Crippen LogP contribution is -2.38. The van der Waals surface area contributed by atoms with Crippen molar-refractivity contribution in [2.45, 2.75) is 43.0 Å². The summed E-state index contributed by atoms with van der Waals surface area (Å²) in [5.74, 6) is 0.0383. The number of carbonyl (C=O) groups excluding carboxylic acids is 1.